The Morgan fingerprint density at radius 2 is 1.94 bits per heavy atom. The van der Waals surface area contributed by atoms with E-state index in [1.807, 2.05) is 53.9 Å². The van der Waals surface area contributed by atoms with Crippen LogP contribution in [0.4, 0.5) is 5.69 Å². The van der Waals surface area contributed by atoms with Crippen molar-refractivity contribution in [1.29, 1.82) is 0 Å². The molecule has 0 aliphatic rings. The van der Waals surface area contributed by atoms with E-state index >= 15 is 0 Å². The Bertz CT molecular complexity index is 472. The fourth-order valence-corrected chi connectivity index (χ4v) is 2.05. The van der Waals surface area contributed by atoms with Crippen LogP contribution < -0.4 is 5.32 Å². The molecule has 16 heavy (non-hydrogen) atoms. The minimum atomic E-state index is 0.722. The quantitative estimate of drug-likeness (QED) is 0.642. The summed E-state index contributed by atoms with van der Waals surface area (Å²) < 4.78 is 0. The van der Waals surface area contributed by atoms with Gasteiger partial charge in [-0.2, -0.15) is 0 Å². The van der Waals surface area contributed by atoms with Gasteiger partial charge in [0.05, 0.1) is 0 Å². The molecule has 0 radical (unpaired) electrons. The number of hydrogen-bond acceptors (Lipinski definition) is 2. The summed E-state index contributed by atoms with van der Waals surface area (Å²) in [6, 6.07) is 14.0. The van der Waals surface area contributed by atoms with E-state index in [2.05, 4.69) is 11.4 Å². The lowest BCUT2D eigenvalue weighted by Crippen LogP contribution is -2.04. The fourth-order valence-electron chi connectivity index (χ4n) is 1.25. The van der Waals surface area contributed by atoms with E-state index in [1.165, 1.54) is 4.88 Å². The molecule has 1 nitrogen and oxygen atoms in total. The van der Waals surface area contributed by atoms with Gasteiger partial charge in [-0.25, -0.2) is 0 Å². The van der Waals surface area contributed by atoms with Gasteiger partial charge in [0.15, 0.2) is 0 Å². The van der Waals surface area contributed by atoms with Crippen LogP contribution in [0.15, 0.2) is 53.9 Å². The third-order valence-corrected chi connectivity index (χ3v) is 3.06. The van der Waals surface area contributed by atoms with Gasteiger partial charge in [0, 0.05) is 10.6 Å². The molecule has 0 bridgehead atoms. The SMILES string of the molecule is S=C(/C=C/c1cccs1)Nc1ccccc1. The minimum Gasteiger partial charge on any atom is -0.347 e. The van der Waals surface area contributed by atoms with Crippen molar-refractivity contribution < 1.29 is 0 Å². The van der Waals surface area contributed by atoms with Crippen LogP contribution in [0, 0.1) is 0 Å². The molecule has 1 aromatic heterocycles. The molecule has 2 aromatic rings. The summed E-state index contributed by atoms with van der Waals surface area (Å²) in [7, 11) is 0. The van der Waals surface area contributed by atoms with Crippen molar-refractivity contribution in [2.24, 2.45) is 0 Å². The monoisotopic (exact) mass is 245 g/mol. The average Bonchev–Trinajstić information content (AvgIpc) is 2.81. The largest absolute Gasteiger partial charge is 0.347 e. The second kappa shape index (κ2) is 5.58. The minimum absolute atomic E-state index is 0.722. The Morgan fingerprint density at radius 1 is 1.12 bits per heavy atom. The van der Waals surface area contributed by atoms with Gasteiger partial charge in [0.2, 0.25) is 0 Å². The molecule has 3 heteroatoms. The molecule has 0 spiro atoms. The maximum Gasteiger partial charge on any atom is 0.103 e. The average molecular weight is 245 g/mol. The molecular formula is C13H11NS2. The molecule has 80 valence electrons. The number of hydrogen-bond donors (Lipinski definition) is 1. The van der Waals surface area contributed by atoms with Crippen molar-refractivity contribution >= 4 is 40.3 Å². The first-order valence-corrected chi connectivity index (χ1v) is 6.21. The third-order valence-electron chi connectivity index (χ3n) is 1.98. The zero-order chi connectivity index (χ0) is 11.2. The molecule has 0 atom stereocenters. The summed E-state index contributed by atoms with van der Waals surface area (Å²) in [4.78, 5) is 1.93. The highest BCUT2D eigenvalue weighted by Crippen LogP contribution is 2.11. The van der Waals surface area contributed by atoms with E-state index in [9.17, 15) is 0 Å². The molecule has 0 amide bonds. The normalized spacial score (nSPS) is 10.5. The van der Waals surface area contributed by atoms with Gasteiger partial charge >= 0.3 is 0 Å². The lowest BCUT2D eigenvalue weighted by Gasteiger charge is -2.02. The lowest BCUT2D eigenvalue weighted by molar-refractivity contribution is 1.65. The van der Waals surface area contributed by atoms with Crippen LogP contribution in [0.5, 0.6) is 0 Å². The number of para-hydroxylation sites is 1. The van der Waals surface area contributed by atoms with Crippen molar-refractivity contribution in [1.82, 2.24) is 0 Å². The number of thiocarbonyl (C=S) groups is 1. The number of rotatable bonds is 3. The van der Waals surface area contributed by atoms with Crippen molar-refractivity contribution in [3.63, 3.8) is 0 Å². The molecule has 1 aromatic carbocycles. The molecule has 1 N–H and O–H groups in total. The van der Waals surface area contributed by atoms with Gasteiger partial charge in [-0.1, -0.05) is 36.5 Å². The van der Waals surface area contributed by atoms with Crippen LogP contribution in [0.25, 0.3) is 6.08 Å². The first kappa shape index (κ1) is 11.0. The van der Waals surface area contributed by atoms with Crippen LogP contribution >= 0.6 is 23.6 Å². The standard InChI is InChI=1S/C13H11NS2/c15-13(9-8-12-7-4-10-16-12)14-11-5-2-1-3-6-11/h1-10H,(H,14,15)/b9-8+. The Labute approximate surface area is 104 Å². The van der Waals surface area contributed by atoms with E-state index < -0.39 is 0 Å². The molecule has 0 saturated heterocycles. The lowest BCUT2D eigenvalue weighted by atomic mass is 10.3. The maximum absolute atomic E-state index is 5.22. The van der Waals surface area contributed by atoms with Gasteiger partial charge in [0.1, 0.15) is 4.99 Å². The van der Waals surface area contributed by atoms with Crippen LogP contribution in [0.2, 0.25) is 0 Å². The van der Waals surface area contributed by atoms with Gasteiger partial charge < -0.3 is 5.32 Å². The smallest absolute Gasteiger partial charge is 0.103 e. The second-order valence-corrected chi connectivity index (χ2v) is 4.62. The molecule has 0 aliphatic carbocycles. The third kappa shape index (κ3) is 3.29. The summed E-state index contributed by atoms with van der Waals surface area (Å²) in [5.74, 6) is 0. The van der Waals surface area contributed by atoms with Gasteiger partial charge in [0.25, 0.3) is 0 Å². The van der Waals surface area contributed by atoms with Gasteiger partial charge in [-0.15, -0.1) is 11.3 Å². The fraction of sp³-hybridized carbons (Fsp3) is 0. The van der Waals surface area contributed by atoms with E-state index in [-0.39, 0.29) is 0 Å². The molecule has 2 rings (SSSR count). The highest BCUT2D eigenvalue weighted by molar-refractivity contribution is 7.81. The highest BCUT2D eigenvalue weighted by Gasteiger charge is 1.92. The zero-order valence-corrected chi connectivity index (χ0v) is 10.2. The first-order chi connectivity index (χ1) is 7.84. The number of nitrogens with one attached hydrogen (secondary N) is 1. The summed E-state index contributed by atoms with van der Waals surface area (Å²) in [6.45, 7) is 0. The Morgan fingerprint density at radius 3 is 2.62 bits per heavy atom. The highest BCUT2D eigenvalue weighted by atomic mass is 32.1. The summed E-state index contributed by atoms with van der Waals surface area (Å²) >= 11 is 6.91. The Balaban J connectivity index is 1.95. The second-order valence-electron chi connectivity index (χ2n) is 3.20. The Kier molecular flexibility index (Phi) is 3.86. The first-order valence-electron chi connectivity index (χ1n) is 4.92. The maximum atomic E-state index is 5.22. The van der Waals surface area contributed by atoms with E-state index in [1.54, 1.807) is 11.3 Å². The van der Waals surface area contributed by atoms with Crippen LogP contribution in [-0.2, 0) is 0 Å². The van der Waals surface area contributed by atoms with Crippen molar-refractivity contribution in [3.05, 3.63) is 58.8 Å². The van der Waals surface area contributed by atoms with Crippen LogP contribution in [0.3, 0.4) is 0 Å². The van der Waals surface area contributed by atoms with Crippen molar-refractivity contribution in [2.45, 2.75) is 0 Å². The van der Waals surface area contributed by atoms with E-state index in [0.29, 0.717) is 0 Å². The molecule has 0 fully saturated rings. The summed E-state index contributed by atoms with van der Waals surface area (Å²) in [6.07, 6.45) is 3.93. The van der Waals surface area contributed by atoms with Crippen molar-refractivity contribution in [2.75, 3.05) is 5.32 Å². The van der Waals surface area contributed by atoms with Crippen molar-refractivity contribution in [3.8, 4) is 0 Å². The van der Waals surface area contributed by atoms with Gasteiger partial charge in [-0.3, -0.25) is 0 Å². The number of benzene rings is 1. The van der Waals surface area contributed by atoms with Gasteiger partial charge in [-0.05, 0) is 35.7 Å². The Hall–Kier alpha value is -1.45. The predicted molar refractivity (Wildman–Crippen MR) is 76.0 cm³/mol. The summed E-state index contributed by atoms with van der Waals surface area (Å²) in [5, 5.41) is 5.20. The summed E-state index contributed by atoms with van der Waals surface area (Å²) in [5.41, 5.74) is 1.02. The van der Waals surface area contributed by atoms with Crippen LogP contribution in [0.1, 0.15) is 4.88 Å². The number of anilines is 1. The molecular weight excluding hydrogens is 234 g/mol. The topological polar surface area (TPSA) is 12.0 Å². The molecule has 0 aliphatic heterocycles. The van der Waals surface area contributed by atoms with E-state index in [4.69, 9.17) is 12.2 Å². The molecule has 1 heterocycles. The number of thiophene rings is 1. The van der Waals surface area contributed by atoms with E-state index in [0.717, 1.165) is 10.7 Å². The molecule has 0 saturated carbocycles. The zero-order valence-electron chi connectivity index (χ0n) is 8.59. The predicted octanol–water partition coefficient (Wildman–Crippen LogP) is 4.20. The van der Waals surface area contributed by atoms with Crippen LogP contribution in [-0.4, -0.2) is 4.99 Å². The molecule has 0 unspecified atom stereocenters.